The summed E-state index contributed by atoms with van der Waals surface area (Å²) in [5.41, 5.74) is 0.576. The van der Waals surface area contributed by atoms with Crippen LogP contribution < -0.4 is 0 Å². The fourth-order valence-electron chi connectivity index (χ4n) is 3.42. The Bertz CT molecular complexity index is 1340. The lowest BCUT2D eigenvalue weighted by Crippen LogP contribution is -2.11. The first-order valence-electron chi connectivity index (χ1n) is 11.3. The average molecular weight is 545 g/mol. The summed E-state index contributed by atoms with van der Waals surface area (Å²) in [5, 5.41) is 0. The van der Waals surface area contributed by atoms with E-state index in [9.17, 15) is 26.1 Å². The van der Waals surface area contributed by atoms with Gasteiger partial charge in [-0.15, -0.1) is 0 Å². The number of hydrogen-bond acceptors (Lipinski definition) is 3. The maximum absolute atomic E-state index is 12.0. The number of halogens is 3. The molecule has 4 aromatic rings. The van der Waals surface area contributed by atoms with Crippen molar-refractivity contribution in [1.82, 2.24) is 0 Å². The van der Waals surface area contributed by atoms with Crippen molar-refractivity contribution in [3.8, 4) is 0 Å². The van der Waals surface area contributed by atoms with E-state index in [0.717, 1.165) is 0 Å². The van der Waals surface area contributed by atoms with E-state index in [1.807, 2.05) is 0 Å². The molecule has 0 N–H and O–H groups in total. The first-order chi connectivity index (χ1) is 17.3. The lowest BCUT2D eigenvalue weighted by atomic mass is 9.87. The van der Waals surface area contributed by atoms with Crippen molar-refractivity contribution in [3.05, 3.63) is 120 Å². The van der Waals surface area contributed by atoms with Crippen molar-refractivity contribution in [2.24, 2.45) is 0 Å². The molecule has 0 atom stereocenters. The van der Waals surface area contributed by atoms with Crippen molar-refractivity contribution >= 4 is 21.0 Å². The molecule has 0 saturated heterocycles. The first kappa shape index (κ1) is 28.5. The monoisotopic (exact) mass is 544 g/mol. The third kappa shape index (κ3) is 7.95. The van der Waals surface area contributed by atoms with Crippen LogP contribution >= 0.6 is 0 Å². The molecular weight excluding hydrogens is 517 g/mol. The van der Waals surface area contributed by atoms with Gasteiger partial charge in [0.15, 0.2) is 14.7 Å². The molecule has 0 aliphatic rings. The second-order valence-electron chi connectivity index (χ2n) is 9.18. The molecule has 0 fully saturated rings. The molecule has 0 unspecified atom stereocenters. The fourth-order valence-corrected chi connectivity index (χ4v) is 5.98. The highest BCUT2D eigenvalue weighted by Crippen LogP contribution is 2.33. The Morgan fingerprint density at radius 1 is 0.595 bits per heavy atom. The van der Waals surface area contributed by atoms with Gasteiger partial charge in [-0.05, 0) is 71.6 Å². The van der Waals surface area contributed by atoms with E-state index in [-0.39, 0.29) is 16.3 Å². The molecule has 0 aliphatic heterocycles. The highest BCUT2D eigenvalue weighted by Gasteiger charge is 2.30. The molecule has 4 aromatic carbocycles. The summed E-state index contributed by atoms with van der Waals surface area (Å²) in [4.78, 5) is 3.42. The van der Waals surface area contributed by atoms with E-state index in [0.29, 0.717) is 24.3 Å². The first-order valence-corrected chi connectivity index (χ1v) is 14.0. The maximum Gasteiger partial charge on any atom is 0.416 e. The lowest BCUT2D eigenvalue weighted by molar-refractivity contribution is -0.137. The zero-order chi connectivity index (χ0) is 27.3. The van der Waals surface area contributed by atoms with Crippen molar-refractivity contribution in [1.29, 1.82) is 0 Å². The van der Waals surface area contributed by atoms with Gasteiger partial charge in [-0.3, -0.25) is 0 Å². The smallest absolute Gasteiger partial charge is 0.416 e. The highest BCUT2D eigenvalue weighted by molar-refractivity contribution is 7.97. The second kappa shape index (κ2) is 11.5. The van der Waals surface area contributed by atoms with Gasteiger partial charge in [-0.1, -0.05) is 69.3 Å². The van der Waals surface area contributed by atoms with Crippen LogP contribution in [0.5, 0.6) is 0 Å². The normalized spacial score (nSPS) is 12.1. The minimum Gasteiger partial charge on any atom is -0.744 e. The van der Waals surface area contributed by atoms with E-state index in [2.05, 4.69) is 106 Å². The largest absolute Gasteiger partial charge is 0.744 e. The van der Waals surface area contributed by atoms with Gasteiger partial charge in [0.2, 0.25) is 0 Å². The van der Waals surface area contributed by atoms with Crippen LogP contribution in [0.2, 0.25) is 0 Å². The van der Waals surface area contributed by atoms with Gasteiger partial charge in [-0.25, -0.2) is 8.42 Å². The summed E-state index contributed by atoms with van der Waals surface area (Å²) in [6.45, 7) is 6.78. The fraction of sp³-hybridized carbons (Fsp3) is 0.172. The summed E-state index contributed by atoms with van der Waals surface area (Å²) in [6.07, 6.45) is -4.54. The number of hydrogen-bond donors (Lipinski definition) is 0. The summed E-state index contributed by atoms with van der Waals surface area (Å²) in [5.74, 6) is 0. The summed E-state index contributed by atoms with van der Waals surface area (Å²) in [7, 11) is -4.73. The zero-order valence-corrected chi connectivity index (χ0v) is 22.2. The highest BCUT2D eigenvalue weighted by atomic mass is 32.2. The van der Waals surface area contributed by atoms with Crippen LogP contribution in [-0.2, 0) is 32.6 Å². The minimum absolute atomic E-state index is 0.0497. The maximum atomic E-state index is 12.0. The molecule has 8 heteroatoms. The van der Waals surface area contributed by atoms with Crippen LogP contribution in [0.15, 0.2) is 129 Å². The number of alkyl halides is 3. The topological polar surface area (TPSA) is 57.2 Å². The van der Waals surface area contributed by atoms with E-state index >= 15 is 0 Å². The Balaban J connectivity index is 0.000000233. The van der Waals surface area contributed by atoms with E-state index in [1.165, 1.54) is 20.2 Å². The molecular formula is C29H27F3O3S2. The predicted octanol–water partition coefficient (Wildman–Crippen LogP) is 7.69. The molecule has 3 nitrogen and oxygen atoms in total. The molecule has 0 aromatic heterocycles. The average Bonchev–Trinajstić information content (AvgIpc) is 2.85. The molecule has 0 radical (unpaired) electrons. The standard InChI is InChI=1S/C22H23S.C7H5F3O3S/c1-22(2,3)18-14-16-21(17-15-18)23(19-10-6-4-7-11-19)20-12-8-5-9-13-20;8-7(9,10)5-1-3-6(4-2-5)14(11,12)13/h4-17H,1-3H3;1-4H,(H,11,12,13)/q+1;/p-1. The van der Waals surface area contributed by atoms with Gasteiger partial charge in [0, 0.05) is 0 Å². The predicted molar refractivity (Wildman–Crippen MR) is 140 cm³/mol. The van der Waals surface area contributed by atoms with Gasteiger partial charge < -0.3 is 4.55 Å². The van der Waals surface area contributed by atoms with E-state index in [4.69, 9.17) is 0 Å². The van der Waals surface area contributed by atoms with Crippen LogP contribution in [0.3, 0.4) is 0 Å². The van der Waals surface area contributed by atoms with Gasteiger partial charge >= 0.3 is 6.18 Å². The third-order valence-corrected chi connectivity index (χ3v) is 8.46. The van der Waals surface area contributed by atoms with Crippen molar-refractivity contribution in [3.63, 3.8) is 0 Å². The van der Waals surface area contributed by atoms with Gasteiger partial charge in [0.25, 0.3) is 0 Å². The Morgan fingerprint density at radius 2 is 0.973 bits per heavy atom. The zero-order valence-electron chi connectivity index (χ0n) is 20.6. The summed E-state index contributed by atoms with van der Waals surface area (Å²) in [6, 6.07) is 33.1. The minimum atomic E-state index is -4.68. The molecule has 37 heavy (non-hydrogen) atoms. The van der Waals surface area contributed by atoms with Crippen LogP contribution in [-0.4, -0.2) is 13.0 Å². The van der Waals surface area contributed by atoms with E-state index in [1.54, 1.807) is 0 Å². The van der Waals surface area contributed by atoms with Crippen LogP contribution in [0.25, 0.3) is 0 Å². The number of benzene rings is 4. The third-order valence-electron chi connectivity index (χ3n) is 5.38. The Morgan fingerprint density at radius 3 is 1.32 bits per heavy atom. The molecule has 194 valence electrons. The Hall–Kier alpha value is -3.07. The van der Waals surface area contributed by atoms with Crippen molar-refractivity contribution < 1.29 is 26.1 Å². The van der Waals surface area contributed by atoms with Crippen LogP contribution in [0, 0.1) is 0 Å². The van der Waals surface area contributed by atoms with Gasteiger partial charge in [-0.2, -0.15) is 13.2 Å². The number of rotatable bonds is 4. The Labute approximate surface area is 219 Å². The molecule has 0 amide bonds. The van der Waals surface area contributed by atoms with Crippen molar-refractivity contribution in [2.45, 2.75) is 51.9 Å². The molecule has 0 bridgehead atoms. The summed E-state index contributed by atoms with van der Waals surface area (Å²) >= 11 is 0. The Kier molecular flexibility index (Phi) is 8.89. The molecule has 0 heterocycles. The summed E-state index contributed by atoms with van der Waals surface area (Å²) < 4.78 is 67.0. The molecule has 0 spiro atoms. The van der Waals surface area contributed by atoms with Crippen molar-refractivity contribution in [2.75, 3.05) is 0 Å². The SMILES string of the molecule is CC(C)(C)c1ccc([S+](c2ccccc2)c2ccccc2)cc1.O=S(=O)([O-])c1ccc(C(F)(F)F)cc1. The lowest BCUT2D eigenvalue weighted by Gasteiger charge is -2.19. The van der Waals surface area contributed by atoms with E-state index < -0.39 is 26.8 Å². The molecule has 4 rings (SSSR count). The van der Waals surface area contributed by atoms with Gasteiger partial charge in [0.1, 0.15) is 10.1 Å². The molecule has 0 aliphatic carbocycles. The van der Waals surface area contributed by atoms with Gasteiger partial charge in [0.05, 0.1) is 21.4 Å². The quantitative estimate of drug-likeness (QED) is 0.196. The molecule has 0 saturated carbocycles. The second-order valence-corrected chi connectivity index (χ2v) is 12.6. The van der Waals surface area contributed by atoms with Crippen LogP contribution in [0.1, 0.15) is 31.9 Å². The van der Waals surface area contributed by atoms with Crippen LogP contribution in [0.4, 0.5) is 13.2 Å².